The molecule has 1 aromatic rings. The monoisotopic (exact) mass is 282 g/mol. The number of anilines is 1. The summed E-state index contributed by atoms with van der Waals surface area (Å²) in [4.78, 5) is 2.51. The van der Waals surface area contributed by atoms with Gasteiger partial charge in [0, 0.05) is 36.3 Å². The van der Waals surface area contributed by atoms with Gasteiger partial charge in [-0.05, 0) is 30.2 Å². The molecule has 88 valence electrons. The molecule has 1 heterocycles. The van der Waals surface area contributed by atoms with Gasteiger partial charge in [0.15, 0.2) is 0 Å². The van der Waals surface area contributed by atoms with E-state index in [-0.39, 0.29) is 0 Å². The molecule has 0 spiro atoms. The van der Waals surface area contributed by atoms with Crippen LogP contribution in [0.3, 0.4) is 0 Å². The van der Waals surface area contributed by atoms with Crippen molar-refractivity contribution in [2.75, 3.05) is 24.5 Å². The second kappa shape index (κ2) is 5.69. The fraction of sp³-hybridized carbons (Fsp3) is 0.538. The predicted octanol–water partition coefficient (Wildman–Crippen LogP) is 3.16. The highest BCUT2D eigenvalue weighted by molar-refractivity contribution is 9.10. The molecular weight excluding hydrogens is 264 g/mol. The maximum absolute atomic E-state index is 3.54. The molecule has 1 N–H and O–H groups in total. The Morgan fingerprint density at radius 3 is 3.12 bits per heavy atom. The number of fused-ring (bicyclic) bond motifs is 1. The summed E-state index contributed by atoms with van der Waals surface area (Å²) in [7, 11) is 0. The van der Waals surface area contributed by atoms with Crippen LogP contribution in [-0.4, -0.2) is 19.6 Å². The minimum atomic E-state index is 0.984. The Morgan fingerprint density at radius 1 is 1.44 bits per heavy atom. The standard InChI is InChI=1S/C13H19BrN2/c1-2-3-7-16-8-6-15-10-11-9-12(14)4-5-13(11)16/h4-5,9,15H,2-3,6-8,10H2,1H3. The van der Waals surface area contributed by atoms with E-state index in [0.717, 1.165) is 19.6 Å². The molecule has 0 saturated carbocycles. The fourth-order valence-electron chi connectivity index (χ4n) is 2.14. The predicted molar refractivity (Wildman–Crippen MR) is 73.0 cm³/mol. The van der Waals surface area contributed by atoms with E-state index >= 15 is 0 Å². The normalized spacial score (nSPS) is 15.8. The topological polar surface area (TPSA) is 15.3 Å². The quantitative estimate of drug-likeness (QED) is 0.916. The zero-order chi connectivity index (χ0) is 11.4. The maximum atomic E-state index is 3.54. The van der Waals surface area contributed by atoms with Crippen LogP contribution in [0, 0.1) is 0 Å². The highest BCUT2D eigenvalue weighted by atomic mass is 79.9. The third-order valence-corrected chi connectivity index (χ3v) is 3.53. The number of hydrogen-bond donors (Lipinski definition) is 1. The van der Waals surface area contributed by atoms with Crippen LogP contribution < -0.4 is 10.2 Å². The lowest BCUT2D eigenvalue weighted by molar-refractivity contribution is 0.669. The Bertz CT molecular complexity index is 352. The second-order valence-electron chi connectivity index (χ2n) is 4.29. The number of unbranched alkanes of at least 4 members (excludes halogenated alkanes) is 1. The van der Waals surface area contributed by atoms with Crippen LogP contribution >= 0.6 is 15.9 Å². The van der Waals surface area contributed by atoms with Gasteiger partial charge in [-0.3, -0.25) is 0 Å². The van der Waals surface area contributed by atoms with Crippen molar-refractivity contribution in [2.45, 2.75) is 26.3 Å². The summed E-state index contributed by atoms with van der Waals surface area (Å²) >= 11 is 3.54. The molecule has 2 nitrogen and oxygen atoms in total. The molecule has 0 fully saturated rings. The molecule has 0 radical (unpaired) electrons. The van der Waals surface area contributed by atoms with Crippen molar-refractivity contribution in [3.63, 3.8) is 0 Å². The summed E-state index contributed by atoms with van der Waals surface area (Å²) in [5, 5.41) is 3.47. The van der Waals surface area contributed by atoms with Crippen molar-refractivity contribution >= 4 is 21.6 Å². The number of nitrogens with one attached hydrogen (secondary N) is 1. The van der Waals surface area contributed by atoms with E-state index in [1.807, 2.05) is 0 Å². The average molecular weight is 283 g/mol. The van der Waals surface area contributed by atoms with E-state index in [1.54, 1.807) is 0 Å². The lowest BCUT2D eigenvalue weighted by atomic mass is 10.1. The molecule has 16 heavy (non-hydrogen) atoms. The first-order valence-electron chi connectivity index (χ1n) is 6.05. The number of hydrogen-bond acceptors (Lipinski definition) is 2. The van der Waals surface area contributed by atoms with Crippen LogP contribution in [0.1, 0.15) is 25.3 Å². The highest BCUT2D eigenvalue weighted by Crippen LogP contribution is 2.26. The molecule has 0 unspecified atom stereocenters. The molecule has 0 aromatic heterocycles. The van der Waals surface area contributed by atoms with E-state index in [9.17, 15) is 0 Å². The van der Waals surface area contributed by atoms with E-state index < -0.39 is 0 Å². The molecule has 0 aliphatic carbocycles. The molecule has 0 saturated heterocycles. The number of benzene rings is 1. The Balaban J connectivity index is 2.22. The Morgan fingerprint density at radius 2 is 2.31 bits per heavy atom. The molecule has 0 amide bonds. The summed E-state index contributed by atoms with van der Waals surface area (Å²) in [6.45, 7) is 6.60. The average Bonchev–Trinajstić information content (AvgIpc) is 2.48. The smallest absolute Gasteiger partial charge is 0.0413 e. The van der Waals surface area contributed by atoms with E-state index in [0.29, 0.717) is 0 Å². The summed E-state index contributed by atoms with van der Waals surface area (Å²) in [6.07, 6.45) is 2.53. The number of halogens is 1. The van der Waals surface area contributed by atoms with Crippen molar-refractivity contribution in [3.8, 4) is 0 Å². The molecule has 3 heteroatoms. The van der Waals surface area contributed by atoms with Crippen molar-refractivity contribution in [1.82, 2.24) is 5.32 Å². The van der Waals surface area contributed by atoms with Gasteiger partial charge in [-0.25, -0.2) is 0 Å². The van der Waals surface area contributed by atoms with Gasteiger partial charge in [0.2, 0.25) is 0 Å². The fourth-order valence-corrected chi connectivity index (χ4v) is 2.55. The van der Waals surface area contributed by atoms with Gasteiger partial charge in [-0.15, -0.1) is 0 Å². The van der Waals surface area contributed by atoms with Gasteiger partial charge < -0.3 is 10.2 Å². The lowest BCUT2D eigenvalue weighted by Crippen LogP contribution is -2.29. The SMILES string of the molecule is CCCCN1CCNCc2cc(Br)ccc21. The van der Waals surface area contributed by atoms with E-state index in [2.05, 4.69) is 51.3 Å². The zero-order valence-corrected chi connectivity index (χ0v) is 11.4. The summed E-state index contributed by atoms with van der Waals surface area (Å²) in [5.41, 5.74) is 2.81. The molecule has 2 rings (SSSR count). The van der Waals surface area contributed by atoms with E-state index in [4.69, 9.17) is 0 Å². The Hall–Kier alpha value is -0.540. The third-order valence-electron chi connectivity index (χ3n) is 3.04. The highest BCUT2D eigenvalue weighted by Gasteiger charge is 2.14. The van der Waals surface area contributed by atoms with Gasteiger partial charge in [0.05, 0.1) is 0 Å². The first-order valence-corrected chi connectivity index (χ1v) is 6.84. The molecule has 1 aromatic carbocycles. The maximum Gasteiger partial charge on any atom is 0.0413 e. The van der Waals surface area contributed by atoms with Crippen molar-refractivity contribution < 1.29 is 0 Å². The van der Waals surface area contributed by atoms with E-state index in [1.165, 1.54) is 35.1 Å². The van der Waals surface area contributed by atoms with Crippen LogP contribution in [0.15, 0.2) is 22.7 Å². The lowest BCUT2D eigenvalue weighted by Gasteiger charge is -2.24. The van der Waals surface area contributed by atoms with Crippen molar-refractivity contribution in [1.29, 1.82) is 0 Å². The van der Waals surface area contributed by atoms with Crippen LogP contribution in [0.5, 0.6) is 0 Å². The zero-order valence-electron chi connectivity index (χ0n) is 9.80. The summed E-state index contributed by atoms with van der Waals surface area (Å²) in [5.74, 6) is 0. The van der Waals surface area contributed by atoms with Crippen LogP contribution in [0.2, 0.25) is 0 Å². The van der Waals surface area contributed by atoms with Gasteiger partial charge >= 0.3 is 0 Å². The molecule has 1 aliphatic heterocycles. The first-order chi connectivity index (χ1) is 7.81. The van der Waals surface area contributed by atoms with Crippen molar-refractivity contribution in [2.24, 2.45) is 0 Å². The van der Waals surface area contributed by atoms with Gasteiger partial charge in [-0.2, -0.15) is 0 Å². The number of rotatable bonds is 3. The van der Waals surface area contributed by atoms with Crippen LogP contribution in [0.4, 0.5) is 5.69 Å². The molecular formula is C13H19BrN2. The van der Waals surface area contributed by atoms with Crippen molar-refractivity contribution in [3.05, 3.63) is 28.2 Å². The van der Waals surface area contributed by atoms with Crippen LogP contribution in [-0.2, 0) is 6.54 Å². The minimum absolute atomic E-state index is 0.984. The molecule has 0 bridgehead atoms. The molecule has 0 atom stereocenters. The minimum Gasteiger partial charge on any atom is -0.370 e. The summed E-state index contributed by atoms with van der Waals surface area (Å²) in [6, 6.07) is 6.61. The first kappa shape index (κ1) is 11.9. The Labute approximate surface area is 106 Å². The van der Waals surface area contributed by atoms with Gasteiger partial charge in [0.25, 0.3) is 0 Å². The summed E-state index contributed by atoms with van der Waals surface area (Å²) < 4.78 is 1.17. The Kier molecular flexibility index (Phi) is 4.24. The second-order valence-corrected chi connectivity index (χ2v) is 5.21. The largest absolute Gasteiger partial charge is 0.370 e. The van der Waals surface area contributed by atoms with Gasteiger partial charge in [-0.1, -0.05) is 29.3 Å². The number of nitrogens with zero attached hydrogens (tertiary/aromatic N) is 1. The third kappa shape index (κ3) is 2.77. The van der Waals surface area contributed by atoms with Gasteiger partial charge in [0.1, 0.15) is 0 Å². The molecule has 1 aliphatic rings. The van der Waals surface area contributed by atoms with Crippen LogP contribution in [0.25, 0.3) is 0 Å².